The summed E-state index contributed by atoms with van der Waals surface area (Å²) in [5, 5.41) is 3.49. The topological polar surface area (TPSA) is 58.5 Å². The number of rotatable bonds is 3. The number of benzene rings is 1. The number of nitrogens with zero attached hydrogens (tertiary/aromatic N) is 1. The van der Waals surface area contributed by atoms with Gasteiger partial charge in [0.15, 0.2) is 15.7 Å². The largest absolute Gasteiger partial charge is 0.358 e. The monoisotopic (exact) mass is 294 g/mol. The Morgan fingerprint density at radius 2 is 2.00 bits per heavy atom. The molecule has 4 nitrogen and oxygen atoms in total. The van der Waals surface area contributed by atoms with Crippen LogP contribution >= 0.6 is 11.8 Å². The predicted octanol–water partition coefficient (Wildman–Crippen LogP) is 2.45. The van der Waals surface area contributed by atoms with Crippen molar-refractivity contribution in [2.45, 2.75) is 31.6 Å². The zero-order valence-corrected chi connectivity index (χ0v) is 12.3. The van der Waals surface area contributed by atoms with Crippen molar-refractivity contribution in [3.63, 3.8) is 0 Å². The van der Waals surface area contributed by atoms with Crippen LogP contribution in [0, 0.1) is 5.82 Å². The molecule has 0 fully saturated rings. The highest BCUT2D eigenvalue weighted by molar-refractivity contribution is 8.16. The van der Waals surface area contributed by atoms with Gasteiger partial charge >= 0.3 is 0 Å². The van der Waals surface area contributed by atoms with Crippen molar-refractivity contribution in [1.82, 2.24) is 5.32 Å². The van der Waals surface area contributed by atoms with E-state index in [1.165, 1.54) is 19.1 Å². The first-order chi connectivity index (χ1) is 9.33. The Hall–Kier alpha value is -1.69. The lowest BCUT2D eigenvalue weighted by Gasteiger charge is -2.18. The average molecular weight is 294 g/mol. The lowest BCUT2D eigenvalue weighted by atomic mass is 10.1. The number of aliphatic imine (C=N–C) groups is 1. The maximum Gasteiger partial charge on any atom is 0.272 e. The second kappa shape index (κ2) is 5.36. The Morgan fingerprint density at radius 3 is 2.50 bits per heavy atom. The summed E-state index contributed by atoms with van der Waals surface area (Å²) in [6.07, 6.45) is 0. The first-order valence-corrected chi connectivity index (χ1v) is 7.00. The van der Waals surface area contributed by atoms with E-state index in [4.69, 9.17) is 0 Å². The van der Waals surface area contributed by atoms with E-state index in [0.717, 1.165) is 17.3 Å². The minimum absolute atomic E-state index is 0.135. The normalized spacial score (nSPS) is 23.4. The van der Waals surface area contributed by atoms with Crippen molar-refractivity contribution in [2.24, 2.45) is 4.99 Å². The smallest absolute Gasteiger partial charge is 0.272 e. The molecule has 1 aromatic carbocycles. The Labute approximate surface area is 120 Å². The van der Waals surface area contributed by atoms with E-state index in [-0.39, 0.29) is 17.6 Å². The van der Waals surface area contributed by atoms with Crippen molar-refractivity contribution >= 4 is 28.6 Å². The van der Waals surface area contributed by atoms with Gasteiger partial charge in [0.1, 0.15) is 5.82 Å². The predicted molar refractivity (Wildman–Crippen MR) is 77.1 cm³/mol. The first kappa shape index (κ1) is 14.7. The number of amides is 1. The van der Waals surface area contributed by atoms with Crippen molar-refractivity contribution in [1.29, 1.82) is 0 Å². The number of thioether (sulfide) groups is 1. The van der Waals surface area contributed by atoms with Gasteiger partial charge in [-0.2, -0.15) is 4.99 Å². The molecular weight excluding hydrogens is 279 g/mol. The molecule has 1 aromatic rings. The van der Waals surface area contributed by atoms with Crippen LogP contribution < -0.4 is 5.32 Å². The molecule has 0 saturated heterocycles. The van der Waals surface area contributed by atoms with Crippen molar-refractivity contribution < 1.29 is 14.0 Å². The van der Waals surface area contributed by atoms with Gasteiger partial charge in [0, 0.05) is 0 Å². The van der Waals surface area contributed by atoms with Gasteiger partial charge in [-0.15, -0.1) is 0 Å². The summed E-state index contributed by atoms with van der Waals surface area (Å²) in [5.74, 6) is -0.959. The quantitative estimate of drug-likeness (QED) is 0.870. The van der Waals surface area contributed by atoms with Crippen LogP contribution in [0.25, 0.3) is 0 Å². The van der Waals surface area contributed by atoms with Gasteiger partial charge in [0.25, 0.3) is 5.91 Å². The molecule has 6 heteroatoms. The minimum Gasteiger partial charge on any atom is -0.358 e. The van der Waals surface area contributed by atoms with E-state index < -0.39 is 10.7 Å². The van der Waals surface area contributed by atoms with Crippen LogP contribution in [0.4, 0.5) is 4.39 Å². The van der Waals surface area contributed by atoms with Crippen LogP contribution in [0.2, 0.25) is 0 Å². The van der Waals surface area contributed by atoms with E-state index in [1.54, 1.807) is 19.1 Å². The summed E-state index contributed by atoms with van der Waals surface area (Å²) in [4.78, 5) is 27.2. The molecule has 20 heavy (non-hydrogen) atoms. The molecule has 2 rings (SSSR count). The third-order valence-corrected chi connectivity index (χ3v) is 4.57. The molecule has 0 saturated carbocycles. The number of carbonyl (C=O) groups excluding carboxylic acids is 2. The number of hydrogen-bond donors (Lipinski definition) is 1. The molecule has 0 radical (unpaired) electrons. The molecule has 1 N–H and O–H groups in total. The van der Waals surface area contributed by atoms with Gasteiger partial charge in [0.05, 0.1) is 6.04 Å². The Balaban J connectivity index is 2.08. The highest BCUT2D eigenvalue weighted by Crippen LogP contribution is 2.34. The van der Waals surface area contributed by atoms with Crippen LogP contribution in [0.5, 0.6) is 0 Å². The highest BCUT2D eigenvalue weighted by atomic mass is 32.2. The summed E-state index contributed by atoms with van der Waals surface area (Å²) in [6.45, 7) is 4.83. The maximum absolute atomic E-state index is 12.9. The Bertz CT molecular complexity index is 585. The second-order valence-electron chi connectivity index (χ2n) is 4.83. The molecular formula is C14H15FN2O2S. The van der Waals surface area contributed by atoms with Crippen molar-refractivity contribution in [2.75, 3.05) is 0 Å². The van der Waals surface area contributed by atoms with E-state index in [0.29, 0.717) is 5.17 Å². The van der Waals surface area contributed by atoms with E-state index in [9.17, 15) is 14.0 Å². The van der Waals surface area contributed by atoms with Crippen LogP contribution in [0.1, 0.15) is 32.4 Å². The van der Waals surface area contributed by atoms with E-state index >= 15 is 0 Å². The first-order valence-electron chi connectivity index (χ1n) is 6.18. The van der Waals surface area contributed by atoms with Crippen LogP contribution in [0.3, 0.4) is 0 Å². The zero-order chi connectivity index (χ0) is 14.9. The van der Waals surface area contributed by atoms with Crippen molar-refractivity contribution in [3.05, 3.63) is 35.6 Å². The zero-order valence-electron chi connectivity index (χ0n) is 11.4. The van der Waals surface area contributed by atoms with E-state index in [2.05, 4.69) is 10.3 Å². The number of halogens is 1. The molecule has 0 bridgehead atoms. The van der Waals surface area contributed by atoms with Crippen LogP contribution in [-0.2, 0) is 9.59 Å². The molecule has 1 aliphatic heterocycles. The SMILES string of the molecule is CC(=O)[C@@]1(C)SC(N[C@@H](C)c2ccc(F)cc2)=NC1=O. The van der Waals surface area contributed by atoms with Gasteiger partial charge in [-0.3, -0.25) is 9.59 Å². The fraction of sp³-hybridized carbons (Fsp3) is 0.357. The standard InChI is InChI=1S/C14H15FN2O2S/c1-8(10-4-6-11(15)7-5-10)16-13-17-12(19)14(3,20-13)9(2)18/h4-8H,1-3H3,(H,16,17,19)/t8-,14+/m0/s1. The lowest BCUT2D eigenvalue weighted by molar-refractivity contribution is -0.127. The molecule has 1 aliphatic rings. The average Bonchev–Trinajstić information content (AvgIpc) is 2.66. The highest BCUT2D eigenvalue weighted by Gasteiger charge is 2.45. The number of Topliss-reactive ketones (excluding diaryl/α,β-unsaturated/α-hetero) is 1. The molecule has 0 unspecified atom stereocenters. The fourth-order valence-corrected chi connectivity index (χ4v) is 2.79. The maximum atomic E-state index is 12.9. The van der Waals surface area contributed by atoms with Gasteiger partial charge in [-0.1, -0.05) is 23.9 Å². The Morgan fingerprint density at radius 1 is 1.40 bits per heavy atom. The molecule has 0 aromatic heterocycles. The van der Waals surface area contributed by atoms with Gasteiger partial charge in [-0.05, 0) is 38.5 Å². The van der Waals surface area contributed by atoms with E-state index in [1.807, 2.05) is 6.92 Å². The molecule has 0 spiro atoms. The lowest BCUT2D eigenvalue weighted by Crippen LogP contribution is -2.35. The summed E-state index contributed by atoms with van der Waals surface area (Å²) in [5.41, 5.74) is 0.874. The van der Waals surface area contributed by atoms with Gasteiger partial charge < -0.3 is 5.32 Å². The minimum atomic E-state index is -1.13. The summed E-state index contributed by atoms with van der Waals surface area (Å²) >= 11 is 1.12. The third-order valence-electron chi connectivity index (χ3n) is 3.29. The second-order valence-corrected chi connectivity index (χ2v) is 6.24. The number of amidine groups is 1. The number of nitrogens with one attached hydrogen (secondary N) is 1. The number of carbonyl (C=O) groups is 2. The summed E-state index contributed by atoms with van der Waals surface area (Å²) in [6, 6.07) is 5.95. The molecule has 0 aliphatic carbocycles. The number of ketones is 1. The van der Waals surface area contributed by atoms with Crippen LogP contribution in [0.15, 0.2) is 29.3 Å². The Kier molecular flexibility index (Phi) is 3.94. The third kappa shape index (κ3) is 2.75. The van der Waals surface area contributed by atoms with Gasteiger partial charge in [0.2, 0.25) is 0 Å². The molecule has 1 amide bonds. The van der Waals surface area contributed by atoms with Crippen LogP contribution in [-0.4, -0.2) is 21.6 Å². The molecule has 106 valence electrons. The number of hydrogen-bond acceptors (Lipinski definition) is 4. The fourth-order valence-electron chi connectivity index (χ4n) is 1.76. The summed E-state index contributed by atoms with van der Waals surface area (Å²) in [7, 11) is 0. The van der Waals surface area contributed by atoms with Crippen molar-refractivity contribution in [3.8, 4) is 0 Å². The molecule has 1 heterocycles. The molecule has 2 atom stereocenters. The summed E-state index contributed by atoms with van der Waals surface area (Å²) < 4.78 is 11.7. The van der Waals surface area contributed by atoms with Gasteiger partial charge in [-0.25, -0.2) is 4.39 Å².